The second-order valence-electron chi connectivity index (χ2n) is 8.37. The van der Waals surface area contributed by atoms with Gasteiger partial charge in [-0.15, -0.1) is 0 Å². The number of benzene rings is 2. The molecule has 1 aromatic heterocycles. The van der Waals surface area contributed by atoms with E-state index in [1.165, 1.54) is 24.2 Å². The molecular weight excluding hydrogens is 438 g/mol. The van der Waals surface area contributed by atoms with Crippen molar-refractivity contribution in [2.75, 3.05) is 35.8 Å². The highest BCUT2D eigenvalue weighted by Gasteiger charge is 2.46. The summed E-state index contributed by atoms with van der Waals surface area (Å²) < 4.78 is 27.6. The Morgan fingerprint density at radius 2 is 1.70 bits per heavy atom. The van der Waals surface area contributed by atoms with Crippen LogP contribution >= 0.6 is 0 Å². The fourth-order valence-electron chi connectivity index (χ4n) is 4.34. The van der Waals surface area contributed by atoms with Crippen molar-refractivity contribution in [3.8, 4) is 0 Å². The van der Waals surface area contributed by atoms with E-state index in [9.17, 15) is 13.2 Å². The Morgan fingerprint density at radius 3 is 2.36 bits per heavy atom. The zero-order valence-electron chi connectivity index (χ0n) is 18.0. The van der Waals surface area contributed by atoms with Crippen LogP contribution in [-0.2, 0) is 14.8 Å². The summed E-state index contributed by atoms with van der Waals surface area (Å²) in [5.41, 5.74) is 2.19. The topological polar surface area (TPSA) is 95.5 Å². The Balaban J connectivity index is 0.00000152. The summed E-state index contributed by atoms with van der Waals surface area (Å²) in [6.07, 6.45) is 3.70. The van der Waals surface area contributed by atoms with Crippen LogP contribution < -0.4 is 9.62 Å². The normalized spacial score (nSPS) is 20.4. The van der Waals surface area contributed by atoms with Gasteiger partial charge >= 0.3 is 0 Å². The third kappa shape index (κ3) is 4.68. The molecule has 1 N–H and O–H groups in total. The van der Waals surface area contributed by atoms with Crippen molar-refractivity contribution in [3.05, 3.63) is 78.8 Å². The van der Waals surface area contributed by atoms with Crippen LogP contribution in [0.3, 0.4) is 0 Å². The van der Waals surface area contributed by atoms with Gasteiger partial charge in [0.1, 0.15) is 12.1 Å². The van der Waals surface area contributed by atoms with E-state index < -0.39 is 10.0 Å². The summed E-state index contributed by atoms with van der Waals surface area (Å²) in [7, 11) is -3.72. The number of amides is 1. The lowest BCUT2D eigenvalue weighted by atomic mass is 10.1. The molecular formula is C24H31N5O3S. The molecule has 0 unspecified atom stereocenters. The van der Waals surface area contributed by atoms with Crippen molar-refractivity contribution in [1.29, 1.82) is 0 Å². The smallest absolute Gasteiger partial charge is 0.263 e. The lowest BCUT2D eigenvalue weighted by molar-refractivity contribution is -0.132. The monoisotopic (exact) mass is 469 g/mol. The summed E-state index contributed by atoms with van der Waals surface area (Å²) in [5.74, 6) is 0.925. The van der Waals surface area contributed by atoms with Gasteiger partial charge in [0.25, 0.3) is 10.0 Å². The molecule has 2 aliphatic rings. The summed E-state index contributed by atoms with van der Waals surface area (Å²) >= 11 is 0. The lowest BCUT2D eigenvalue weighted by Gasteiger charge is -2.36. The van der Waals surface area contributed by atoms with E-state index in [-0.39, 0.29) is 26.8 Å². The predicted octanol–water partition coefficient (Wildman–Crippen LogP) is 3.47. The molecule has 33 heavy (non-hydrogen) atoms. The quantitative estimate of drug-likeness (QED) is 0.594. The molecule has 5 rings (SSSR count). The van der Waals surface area contributed by atoms with Gasteiger partial charge in [-0.2, -0.15) is 0 Å². The molecule has 1 saturated carbocycles. The first-order valence-electron chi connectivity index (χ1n) is 11.0. The SMILES string of the molecule is O=C([C@H]1C[C@H]1c1ccccc1)N1CCN(c2ccc(S(=O)(=O)Nc3ccncn3)cc2)CC1.[HH].[HH].[HH]. The van der Waals surface area contributed by atoms with Crippen LogP contribution in [0.15, 0.2) is 78.1 Å². The second-order valence-corrected chi connectivity index (χ2v) is 10.0. The number of hydrogen-bond acceptors (Lipinski definition) is 6. The van der Waals surface area contributed by atoms with Crippen LogP contribution in [-0.4, -0.2) is 55.4 Å². The number of hydrogen-bond donors (Lipinski definition) is 1. The van der Waals surface area contributed by atoms with Gasteiger partial charge in [-0.05, 0) is 48.2 Å². The van der Waals surface area contributed by atoms with E-state index in [0.717, 1.165) is 25.2 Å². The van der Waals surface area contributed by atoms with E-state index in [4.69, 9.17) is 0 Å². The van der Waals surface area contributed by atoms with Crippen molar-refractivity contribution in [3.63, 3.8) is 0 Å². The molecule has 1 amide bonds. The Hall–Kier alpha value is -3.46. The number of aromatic nitrogens is 2. The van der Waals surface area contributed by atoms with Crippen molar-refractivity contribution >= 4 is 27.4 Å². The van der Waals surface area contributed by atoms with Crippen molar-refractivity contribution < 1.29 is 17.5 Å². The number of sulfonamides is 1. The van der Waals surface area contributed by atoms with Gasteiger partial charge < -0.3 is 9.80 Å². The first kappa shape index (κ1) is 21.4. The molecule has 1 aliphatic carbocycles. The highest BCUT2D eigenvalue weighted by molar-refractivity contribution is 7.92. The largest absolute Gasteiger partial charge is 0.368 e. The Labute approximate surface area is 197 Å². The Bertz CT molecular complexity index is 1230. The average Bonchev–Trinajstić information content (AvgIpc) is 3.66. The molecule has 1 aliphatic heterocycles. The molecule has 0 bridgehead atoms. The zero-order valence-corrected chi connectivity index (χ0v) is 18.9. The summed E-state index contributed by atoms with van der Waals surface area (Å²) in [6.45, 7) is 2.79. The molecule has 2 fully saturated rings. The maximum atomic E-state index is 12.9. The molecule has 176 valence electrons. The van der Waals surface area contributed by atoms with Gasteiger partial charge in [-0.1, -0.05) is 30.3 Å². The van der Waals surface area contributed by atoms with Gasteiger partial charge in [0.05, 0.1) is 4.90 Å². The first-order chi connectivity index (χ1) is 16.0. The number of nitrogens with zero attached hydrogens (tertiary/aromatic N) is 4. The maximum absolute atomic E-state index is 12.9. The van der Waals surface area contributed by atoms with Crippen LogP contribution in [0, 0.1) is 5.92 Å². The maximum Gasteiger partial charge on any atom is 0.263 e. The average molecular weight is 470 g/mol. The van der Waals surface area contributed by atoms with Crippen LogP contribution in [0.25, 0.3) is 0 Å². The first-order valence-corrected chi connectivity index (χ1v) is 12.5. The van der Waals surface area contributed by atoms with E-state index in [0.29, 0.717) is 19.0 Å². The van der Waals surface area contributed by atoms with Crippen LogP contribution in [0.5, 0.6) is 0 Å². The summed E-state index contributed by atoms with van der Waals surface area (Å²) in [5, 5.41) is 0. The highest BCUT2D eigenvalue weighted by Crippen LogP contribution is 2.48. The molecule has 2 aromatic carbocycles. The molecule has 8 nitrogen and oxygen atoms in total. The number of nitrogens with one attached hydrogen (secondary N) is 1. The molecule has 1 saturated heterocycles. The van der Waals surface area contributed by atoms with Crippen LogP contribution in [0.1, 0.15) is 22.2 Å². The third-order valence-electron chi connectivity index (χ3n) is 6.26. The molecule has 3 aromatic rings. The minimum Gasteiger partial charge on any atom is -0.368 e. The zero-order chi connectivity index (χ0) is 22.8. The minimum absolute atomic E-state index is 0. The molecule has 0 spiro atoms. The van der Waals surface area contributed by atoms with E-state index >= 15 is 0 Å². The van der Waals surface area contributed by atoms with Gasteiger partial charge in [-0.25, -0.2) is 18.4 Å². The predicted molar refractivity (Wildman–Crippen MR) is 132 cm³/mol. The van der Waals surface area contributed by atoms with E-state index in [1.807, 2.05) is 23.1 Å². The standard InChI is InChI=1S/C24H25N5O3S.3H2/c30-24(22-16-21(22)18-4-2-1-3-5-18)29-14-12-28(13-15-29)19-6-8-20(9-7-19)33(31,32)27-23-10-11-25-17-26-23;;;/h1-11,17,21-22H,12-16H2,(H,25,26,27);3*1H/t21-,22-;;;/m0.../s1. The number of carbonyl (C=O) groups is 1. The van der Waals surface area contributed by atoms with Gasteiger partial charge in [-0.3, -0.25) is 9.52 Å². The van der Waals surface area contributed by atoms with Crippen molar-refractivity contribution in [2.45, 2.75) is 17.2 Å². The fraction of sp³-hybridized carbons (Fsp3) is 0.292. The van der Waals surface area contributed by atoms with Crippen molar-refractivity contribution in [2.24, 2.45) is 5.92 Å². The van der Waals surface area contributed by atoms with E-state index in [2.05, 4.69) is 31.7 Å². The Kier molecular flexibility index (Phi) is 5.72. The highest BCUT2D eigenvalue weighted by atomic mass is 32.2. The number of rotatable bonds is 6. The van der Waals surface area contributed by atoms with Crippen LogP contribution in [0.2, 0.25) is 0 Å². The number of piperazine rings is 1. The minimum atomic E-state index is -3.72. The molecule has 2 heterocycles. The van der Waals surface area contributed by atoms with Crippen LogP contribution in [0.4, 0.5) is 11.5 Å². The van der Waals surface area contributed by atoms with Gasteiger partial charge in [0, 0.05) is 48.3 Å². The van der Waals surface area contributed by atoms with Crippen molar-refractivity contribution in [1.82, 2.24) is 14.9 Å². The van der Waals surface area contributed by atoms with E-state index in [1.54, 1.807) is 24.3 Å². The lowest BCUT2D eigenvalue weighted by Crippen LogP contribution is -2.49. The summed E-state index contributed by atoms with van der Waals surface area (Å²) in [4.78, 5) is 24.9. The molecule has 2 atom stereocenters. The summed E-state index contributed by atoms with van der Waals surface area (Å²) in [6, 6.07) is 18.5. The number of carbonyl (C=O) groups excluding carboxylic acids is 1. The molecule has 0 radical (unpaired) electrons. The number of anilines is 2. The second kappa shape index (κ2) is 8.82. The van der Waals surface area contributed by atoms with Gasteiger partial charge in [0.15, 0.2) is 0 Å². The Morgan fingerprint density at radius 1 is 0.970 bits per heavy atom. The fourth-order valence-corrected chi connectivity index (χ4v) is 5.35. The third-order valence-corrected chi connectivity index (χ3v) is 7.63. The molecule has 9 heteroatoms. The van der Waals surface area contributed by atoms with Gasteiger partial charge in [0.2, 0.25) is 5.91 Å².